The zero-order valence-corrected chi connectivity index (χ0v) is 22.4. The zero-order chi connectivity index (χ0) is 26.1. The van der Waals surface area contributed by atoms with E-state index in [0.717, 1.165) is 16.7 Å². The molecule has 36 heavy (non-hydrogen) atoms. The van der Waals surface area contributed by atoms with Crippen molar-refractivity contribution < 1.29 is 17.8 Å². The Balaban J connectivity index is 1.67. The third-order valence-electron chi connectivity index (χ3n) is 7.53. The molecule has 1 amide bonds. The molecule has 0 spiro atoms. The second-order valence-corrected chi connectivity index (χ2v) is 12.8. The molecule has 4 rings (SSSR count). The summed E-state index contributed by atoms with van der Waals surface area (Å²) in [7, 11) is -1.46. The molecule has 0 N–H and O–H groups in total. The Morgan fingerprint density at radius 3 is 2.17 bits per heavy atom. The molecule has 0 aromatic heterocycles. The van der Waals surface area contributed by atoms with E-state index in [1.54, 1.807) is 16.3 Å². The van der Waals surface area contributed by atoms with Gasteiger partial charge < -0.3 is 4.90 Å². The highest BCUT2D eigenvalue weighted by Crippen LogP contribution is 2.38. The first-order valence-corrected chi connectivity index (χ1v) is 14.2. The van der Waals surface area contributed by atoms with E-state index in [0.29, 0.717) is 24.4 Å². The lowest BCUT2D eigenvalue weighted by atomic mass is 9.90. The van der Waals surface area contributed by atoms with Crippen LogP contribution in [0.15, 0.2) is 57.8 Å². The Morgan fingerprint density at radius 2 is 1.61 bits per heavy atom. The second-order valence-electron chi connectivity index (χ2n) is 10.5. The molecule has 2 fully saturated rings. The van der Waals surface area contributed by atoms with Gasteiger partial charge >= 0.3 is 0 Å². The third-order valence-corrected chi connectivity index (χ3v) is 9.95. The molecule has 0 radical (unpaired) electrons. The maximum absolute atomic E-state index is 14.3. The van der Waals surface area contributed by atoms with Gasteiger partial charge in [0.05, 0.1) is 4.90 Å². The van der Waals surface area contributed by atoms with Crippen molar-refractivity contribution in [1.29, 1.82) is 0 Å². The summed E-state index contributed by atoms with van der Waals surface area (Å²) in [5, 5.41) is 0. The van der Waals surface area contributed by atoms with Crippen LogP contribution >= 0.6 is 0 Å². The summed E-state index contributed by atoms with van der Waals surface area (Å²) in [4.78, 5) is 16.6. The molecule has 5 nitrogen and oxygen atoms in total. The van der Waals surface area contributed by atoms with E-state index < -0.39 is 21.9 Å². The van der Waals surface area contributed by atoms with Crippen LogP contribution in [-0.2, 0) is 21.3 Å². The van der Waals surface area contributed by atoms with E-state index >= 15 is 0 Å². The largest absolute Gasteiger partial charge is 0.334 e. The van der Waals surface area contributed by atoms with E-state index in [4.69, 9.17) is 0 Å². The number of carbonyl (C=O) groups is 1. The Bertz CT molecular complexity index is 1180. The molecule has 1 aliphatic carbocycles. The number of hydrogen-bond donors (Lipinski definition) is 0. The Labute approximate surface area is 214 Å². The highest BCUT2D eigenvalue weighted by Gasteiger charge is 2.45. The van der Waals surface area contributed by atoms with Gasteiger partial charge in [0.15, 0.2) is 0 Å². The number of halogens is 2. The third kappa shape index (κ3) is 5.65. The van der Waals surface area contributed by atoms with Crippen LogP contribution in [0, 0.1) is 19.8 Å². The SMILES string of the molecule is CN=[S@](=O)(c1ccc(C)cc1)N1CC(C)CC1C(=O)N(Cc1ccc(C)cc1)C1CCC(F)(F)CC1. The number of nitrogens with zero attached hydrogens (tertiary/aromatic N) is 3. The van der Waals surface area contributed by atoms with Crippen molar-refractivity contribution >= 4 is 15.8 Å². The average Bonchev–Trinajstić information content (AvgIpc) is 3.26. The highest BCUT2D eigenvalue weighted by molar-refractivity contribution is 7.91. The van der Waals surface area contributed by atoms with Crippen molar-refractivity contribution in [2.45, 2.75) is 82.3 Å². The number of benzene rings is 2. The predicted molar refractivity (Wildman–Crippen MR) is 139 cm³/mol. The summed E-state index contributed by atoms with van der Waals surface area (Å²) in [6, 6.07) is 14.5. The van der Waals surface area contributed by atoms with Crippen molar-refractivity contribution in [2.75, 3.05) is 13.6 Å². The maximum Gasteiger partial charge on any atom is 0.248 e. The van der Waals surface area contributed by atoms with Gasteiger partial charge in [0.25, 0.3) is 0 Å². The lowest BCUT2D eigenvalue weighted by molar-refractivity contribution is -0.141. The van der Waals surface area contributed by atoms with Crippen molar-refractivity contribution in [3.8, 4) is 0 Å². The highest BCUT2D eigenvalue weighted by atomic mass is 32.2. The number of alkyl halides is 2. The van der Waals surface area contributed by atoms with Crippen LogP contribution in [0.4, 0.5) is 8.78 Å². The van der Waals surface area contributed by atoms with Crippen LogP contribution in [0.1, 0.15) is 55.7 Å². The van der Waals surface area contributed by atoms with E-state index in [2.05, 4.69) is 11.3 Å². The normalized spacial score (nSPS) is 24.3. The van der Waals surface area contributed by atoms with Crippen molar-refractivity contribution in [3.63, 3.8) is 0 Å². The molecule has 2 aliphatic rings. The van der Waals surface area contributed by atoms with Crippen LogP contribution in [0.5, 0.6) is 0 Å². The first kappa shape index (κ1) is 26.7. The molecule has 2 aromatic carbocycles. The lowest BCUT2D eigenvalue weighted by Crippen LogP contribution is -2.52. The first-order chi connectivity index (χ1) is 17.0. The van der Waals surface area contributed by atoms with Gasteiger partial charge in [0.2, 0.25) is 11.8 Å². The molecule has 1 saturated heterocycles. The topological polar surface area (TPSA) is 53.0 Å². The van der Waals surface area contributed by atoms with Gasteiger partial charge in [-0.05, 0) is 56.7 Å². The summed E-state index contributed by atoms with van der Waals surface area (Å²) in [5.74, 6) is -2.66. The van der Waals surface area contributed by atoms with Gasteiger partial charge in [-0.1, -0.05) is 54.4 Å². The fourth-order valence-corrected chi connectivity index (χ4v) is 7.53. The molecule has 1 heterocycles. The minimum Gasteiger partial charge on any atom is -0.334 e. The van der Waals surface area contributed by atoms with Crippen LogP contribution in [0.3, 0.4) is 0 Å². The zero-order valence-electron chi connectivity index (χ0n) is 21.6. The summed E-state index contributed by atoms with van der Waals surface area (Å²) in [6.45, 7) is 6.86. The Hall–Kier alpha value is -2.32. The average molecular weight is 518 g/mol. The monoisotopic (exact) mass is 517 g/mol. The van der Waals surface area contributed by atoms with Crippen LogP contribution < -0.4 is 0 Å². The van der Waals surface area contributed by atoms with Gasteiger partial charge in [0, 0.05) is 39.0 Å². The summed E-state index contributed by atoms with van der Waals surface area (Å²) in [5.41, 5.74) is 3.13. The van der Waals surface area contributed by atoms with Gasteiger partial charge in [-0.25, -0.2) is 21.7 Å². The molecule has 1 saturated carbocycles. The van der Waals surface area contributed by atoms with E-state index in [1.165, 1.54) is 0 Å². The van der Waals surface area contributed by atoms with Gasteiger partial charge in [-0.15, -0.1) is 0 Å². The fourth-order valence-electron chi connectivity index (χ4n) is 5.37. The Morgan fingerprint density at radius 1 is 1.06 bits per heavy atom. The molecule has 2 unspecified atom stereocenters. The molecular formula is C28H37F2N3O2S. The fraction of sp³-hybridized carbons (Fsp3) is 0.536. The Kier molecular flexibility index (Phi) is 7.86. The molecule has 3 atom stereocenters. The van der Waals surface area contributed by atoms with Crippen LogP contribution in [0.25, 0.3) is 0 Å². The standard InChI is InChI=1S/C28H37F2N3O2S/c1-20-5-9-23(10-6-20)19-32(24-13-15-28(29,30)16-14-24)27(34)26-17-22(3)18-33(26)36(35,31-4)25-11-7-21(2)8-12-25/h5-12,22,24,26H,13-19H2,1-4H3/t22?,26?,36-/m1/s1. The van der Waals surface area contributed by atoms with Crippen molar-refractivity contribution in [3.05, 3.63) is 65.2 Å². The number of carbonyl (C=O) groups excluding carboxylic acids is 1. The number of amides is 1. The number of aryl methyl sites for hydroxylation is 2. The molecular weight excluding hydrogens is 480 g/mol. The number of hydrogen-bond acceptors (Lipinski definition) is 3. The van der Waals surface area contributed by atoms with Gasteiger partial charge in [-0.3, -0.25) is 4.79 Å². The van der Waals surface area contributed by atoms with Crippen molar-refractivity contribution in [2.24, 2.45) is 10.3 Å². The summed E-state index contributed by atoms with van der Waals surface area (Å²) < 4.78 is 48.4. The summed E-state index contributed by atoms with van der Waals surface area (Å²) >= 11 is 0. The first-order valence-electron chi connectivity index (χ1n) is 12.7. The van der Waals surface area contributed by atoms with Crippen LogP contribution in [-0.4, -0.2) is 50.9 Å². The van der Waals surface area contributed by atoms with E-state index in [1.807, 2.05) is 62.4 Å². The summed E-state index contributed by atoms with van der Waals surface area (Å²) in [6.07, 6.45) is 0.649. The van der Waals surface area contributed by atoms with E-state index in [-0.39, 0.29) is 43.6 Å². The second kappa shape index (κ2) is 10.6. The maximum atomic E-state index is 14.3. The smallest absolute Gasteiger partial charge is 0.248 e. The number of rotatable bonds is 6. The molecule has 8 heteroatoms. The molecule has 2 aromatic rings. The molecule has 1 aliphatic heterocycles. The van der Waals surface area contributed by atoms with Crippen LogP contribution in [0.2, 0.25) is 0 Å². The minimum absolute atomic E-state index is 0.140. The van der Waals surface area contributed by atoms with Gasteiger partial charge in [-0.2, -0.15) is 0 Å². The van der Waals surface area contributed by atoms with E-state index in [9.17, 15) is 17.8 Å². The molecule has 0 bridgehead atoms. The minimum atomic E-state index is -3.00. The van der Waals surface area contributed by atoms with Gasteiger partial charge in [0.1, 0.15) is 16.0 Å². The quantitative estimate of drug-likeness (QED) is 0.473. The van der Waals surface area contributed by atoms with Crippen molar-refractivity contribution in [1.82, 2.24) is 9.21 Å². The predicted octanol–water partition coefficient (Wildman–Crippen LogP) is 5.99. The molecule has 196 valence electrons. The lowest BCUT2D eigenvalue weighted by Gasteiger charge is -2.39.